The Bertz CT molecular complexity index is 682. The van der Waals surface area contributed by atoms with Crippen LogP contribution in [-0.4, -0.2) is 47.0 Å². The lowest BCUT2D eigenvalue weighted by Gasteiger charge is -2.27. The van der Waals surface area contributed by atoms with Crippen LogP contribution in [0.2, 0.25) is 0 Å². The number of carbonyl (C=O) groups is 1. The van der Waals surface area contributed by atoms with E-state index in [9.17, 15) is 4.79 Å². The highest BCUT2D eigenvalue weighted by atomic mass is 32.1. The molecule has 1 saturated heterocycles. The number of urea groups is 1. The zero-order valence-corrected chi connectivity index (χ0v) is 16.3. The Labute approximate surface area is 160 Å². The number of nitrogens with zero attached hydrogens (tertiary/aromatic N) is 3. The smallest absolute Gasteiger partial charge is 0.318 e. The van der Waals surface area contributed by atoms with Crippen molar-refractivity contribution in [2.75, 3.05) is 26.2 Å². The monoisotopic (exact) mass is 372 g/mol. The minimum absolute atomic E-state index is 0.00124. The van der Waals surface area contributed by atoms with Crippen LogP contribution >= 0.6 is 11.3 Å². The Morgan fingerprint density at radius 3 is 2.65 bits per heavy atom. The van der Waals surface area contributed by atoms with Crippen LogP contribution in [0.4, 0.5) is 4.79 Å². The Hall–Kier alpha value is -1.92. The molecular formula is C20H28N4OS. The third-order valence-corrected chi connectivity index (χ3v) is 5.76. The first-order valence-electron chi connectivity index (χ1n) is 9.40. The molecule has 1 aliphatic heterocycles. The van der Waals surface area contributed by atoms with E-state index >= 15 is 0 Å². The van der Waals surface area contributed by atoms with Gasteiger partial charge < -0.3 is 15.1 Å². The summed E-state index contributed by atoms with van der Waals surface area (Å²) in [6.07, 6.45) is 3.89. The van der Waals surface area contributed by atoms with E-state index in [1.165, 1.54) is 19.3 Å². The van der Waals surface area contributed by atoms with E-state index in [4.69, 9.17) is 0 Å². The summed E-state index contributed by atoms with van der Waals surface area (Å²) in [5.41, 5.74) is 4.00. The summed E-state index contributed by atoms with van der Waals surface area (Å²) in [6.45, 7) is 7.15. The molecule has 0 aliphatic carbocycles. The highest BCUT2D eigenvalue weighted by Crippen LogP contribution is 2.17. The largest absolute Gasteiger partial charge is 0.337 e. The standard InChI is InChI=1S/C20H28N4OS/c1-17-19(26-16-22-17)15-24(14-18-8-4-2-5-9-18)20(25)21-10-13-23-11-6-3-7-12-23/h2,4-5,8-9,16H,3,6-7,10-15H2,1H3,(H,21,25). The van der Waals surface area contributed by atoms with Crippen LogP contribution in [0.1, 0.15) is 35.4 Å². The number of aromatic nitrogens is 1. The number of hydrogen-bond acceptors (Lipinski definition) is 4. The lowest BCUT2D eigenvalue weighted by molar-refractivity contribution is 0.186. The van der Waals surface area contributed by atoms with E-state index < -0.39 is 0 Å². The number of likely N-dealkylation sites (tertiary alicyclic amines) is 1. The molecule has 0 spiro atoms. The van der Waals surface area contributed by atoms with Crippen molar-refractivity contribution >= 4 is 17.4 Å². The van der Waals surface area contributed by atoms with Gasteiger partial charge in [-0.3, -0.25) is 0 Å². The average Bonchev–Trinajstić information content (AvgIpc) is 3.07. The van der Waals surface area contributed by atoms with E-state index in [2.05, 4.69) is 27.3 Å². The molecule has 2 heterocycles. The second kappa shape index (κ2) is 9.69. The first kappa shape index (κ1) is 18.9. The molecule has 0 bridgehead atoms. The summed E-state index contributed by atoms with van der Waals surface area (Å²) in [6, 6.07) is 10.2. The van der Waals surface area contributed by atoms with Gasteiger partial charge in [0.25, 0.3) is 0 Å². The van der Waals surface area contributed by atoms with E-state index in [0.29, 0.717) is 19.6 Å². The number of hydrogen-bond donors (Lipinski definition) is 1. The highest BCUT2D eigenvalue weighted by Gasteiger charge is 2.17. The minimum atomic E-state index is -0.00124. The van der Waals surface area contributed by atoms with Crippen molar-refractivity contribution < 1.29 is 4.79 Å². The van der Waals surface area contributed by atoms with Crippen molar-refractivity contribution in [1.29, 1.82) is 0 Å². The van der Waals surface area contributed by atoms with Gasteiger partial charge >= 0.3 is 6.03 Å². The normalized spacial score (nSPS) is 15.0. The third-order valence-electron chi connectivity index (χ3n) is 4.84. The number of piperidine rings is 1. The van der Waals surface area contributed by atoms with Crippen LogP contribution in [-0.2, 0) is 13.1 Å². The van der Waals surface area contributed by atoms with Crippen LogP contribution < -0.4 is 5.32 Å². The lowest BCUT2D eigenvalue weighted by atomic mass is 10.1. The van der Waals surface area contributed by atoms with Gasteiger partial charge in [0.15, 0.2) is 0 Å². The van der Waals surface area contributed by atoms with Crippen LogP contribution in [0.15, 0.2) is 35.8 Å². The number of aryl methyl sites for hydroxylation is 1. The van der Waals surface area contributed by atoms with Crippen molar-refractivity contribution in [3.63, 3.8) is 0 Å². The molecule has 0 radical (unpaired) electrons. The Morgan fingerprint density at radius 2 is 1.96 bits per heavy atom. The Balaban J connectivity index is 1.57. The van der Waals surface area contributed by atoms with Gasteiger partial charge in [-0.25, -0.2) is 9.78 Å². The number of rotatable bonds is 7. The van der Waals surface area contributed by atoms with Crippen molar-refractivity contribution in [3.8, 4) is 0 Å². The number of carbonyl (C=O) groups excluding carboxylic acids is 1. The maximum atomic E-state index is 12.8. The molecule has 140 valence electrons. The highest BCUT2D eigenvalue weighted by molar-refractivity contribution is 7.09. The number of amides is 2. The van der Waals surface area contributed by atoms with Gasteiger partial charge in [-0.1, -0.05) is 36.8 Å². The van der Waals surface area contributed by atoms with Gasteiger partial charge in [0.05, 0.1) is 17.7 Å². The fourth-order valence-electron chi connectivity index (χ4n) is 3.27. The summed E-state index contributed by atoms with van der Waals surface area (Å²) >= 11 is 1.61. The van der Waals surface area contributed by atoms with E-state index in [1.807, 2.05) is 35.5 Å². The SMILES string of the molecule is Cc1ncsc1CN(Cc1ccccc1)C(=O)NCCN1CCCCC1. The second-order valence-corrected chi connectivity index (χ2v) is 7.78. The first-order chi connectivity index (χ1) is 12.7. The molecular weight excluding hydrogens is 344 g/mol. The van der Waals surface area contributed by atoms with Gasteiger partial charge in [-0.05, 0) is 38.4 Å². The van der Waals surface area contributed by atoms with Gasteiger partial charge in [0.2, 0.25) is 0 Å². The summed E-state index contributed by atoms with van der Waals surface area (Å²) in [5.74, 6) is 0. The molecule has 0 unspecified atom stereocenters. The summed E-state index contributed by atoms with van der Waals surface area (Å²) in [5, 5.41) is 3.11. The quantitative estimate of drug-likeness (QED) is 0.807. The van der Waals surface area contributed by atoms with E-state index in [0.717, 1.165) is 35.8 Å². The Kier molecular flexibility index (Phi) is 7.03. The van der Waals surface area contributed by atoms with Crippen LogP contribution in [0, 0.1) is 6.92 Å². The number of benzene rings is 1. The molecule has 0 saturated carbocycles. The first-order valence-corrected chi connectivity index (χ1v) is 10.3. The maximum absolute atomic E-state index is 12.8. The van der Waals surface area contributed by atoms with Gasteiger partial charge in [-0.2, -0.15) is 0 Å². The lowest BCUT2D eigenvalue weighted by Crippen LogP contribution is -2.43. The second-order valence-electron chi connectivity index (χ2n) is 6.84. The minimum Gasteiger partial charge on any atom is -0.337 e. The molecule has 26 heavy (non-hydrogen) atoms. The number of thiazole rings is 1. The van der Waals surface area contributed by atoms with E-state index in [1.54, 1.807) is 11.3 Å². The van der Waals surface area contributed by atoms with Gasteiger partial charge in [0, 0.05) is 24.5 Å². The number of nitrogens with one attached hydrogen (secondary N) is 1. The third kappa shape index (κ3) is 5.54. The molecule has 2 aromatic rings. The van der Waals surface area contributed by atoms with E-state index in [-0.39, 0.29) is 6.03 Å². The molecule has 0 atom stereocenters. The predicted molar refractivity (Wildman–Crippen MR) is 106 cm³/mol. The van der Waals surface area contributed by atoms with Crippen LogP contribution in [0.5, 0.6) is 0 Å². The molecule has 2 amide bonds. The zero-order chi connectivity index (χ0) is 18.2. The van der Waals surface area contributed by atoms with Gasteiger partial charge in [0.1, 0.15) is 0 Å². The topological polar surface area (TPSA) is 48.5 Å². The van der Waals surface area contributed by atoms with Gasteiger partial charge in [-0.15, -0.1) is 11.3 Å². The Morgan fingerprint density at radius 1 is 1.19 bits per heavy atom. The molecule has 1 aromatic carbocycles. The molecule has 1 aromatic heterocycles. The summed E-state index contributed by atoms with van der Waals surface area (Å²) in [4.78, 5) is 22.6. The molecule has 6 heteroatoms. The molecule has 3 rings (SSSR count). The molecule has 1 aliphatic rings. The summed E-state index contributed by atoms with van der Waals surface area (Å²) < 4.78 is 0. The zero-order valence-electron chi connectivity index (χ0n) is 15.5. The van der Waals surface area contributed by atoms with Crippen LogP contribution in [0.25, 0.3) is 0 Å². The van der Waals surface area contributed by atoms with Crippen molar-refractivity contribution in [3.05, 3.63) is 52.0 Å². The van der Waals surface area contributed by atoms with Crippen molar-refractivity contribution in [2.45, 2.75) is 39.3 Å². The van der Waals surface area contributed by atoms with Crippen molar-refractivity contribution in [1.82, 2.24) is 20.1 Å². The molecule has 1 N–H and O–H groups in total. The fourth-order valence-corrected chi connectivity index (χ4v) is 4.06. The molecule has 5 nitrogen and oxygen atoms in total. The predicted octanol–water partition coefficient (Wildman–Crippen LogP) is 3.65. The van der Waals surface area contributed by atoms with Crippen molar-refractivity contribution in [2.24, 2.45) is 0 Å². The summed E-state index contributed by atoms with van der Waals surface area (Å²) in [7, 11) is 0. The fraction of sp³-hybridized carbons (Fsp3) is 0.500. The van der Waals surface area contributed by atoms with Crippen LogP contribution in [0.3, 0.4) is 0 Å². The maximum Gasteiger partial charge on any atom is 0.318 e. The molecule has 1 fully saturated rings. The average molecular weight is 373 g/mol.